The van der Waals surface area contributed by atoms with E-state index in [0.717, 1.165) is 97.1 Å². The number of benzene rings is 2. The molecule has 2 aliphatic rings. The molecule has 3 N–H and O–H groups in total. The summed E-state index contributed by atoms with van der Waals surface area (Å²) in [5.74, 6) is -1.57. The smallest absolute Gasteiger partial charge is 0.398 e. The van der Waals surface area contributed by atoms with E-state index in [4.69, 9.17) is 10.5 Å². The molecule has 0 bridgehead atoms. The Kier molecular flexibility index (Phi) is 11.8. The molecule has 2 aromatic rings. The summed E-state index contributed by atoms with van der Waals surface area (Å²) in [6.45, 7) is 6.97. The number of hydrogen-bond acceptors (Lipinski definition) is 6. The van der Waals surface area contributed by atoms with E-state index in [1.807, 2.05) is 0 Å². The van der Waals surface area contributed by atoms with Crippen molar-refractivity contribution in [2.45, 2.75) is 83.5 Å². The van der Waals surface area contributed by atoms with Crippen molar-refractivity contribution in [3.05, 3.63) is 70.8 Å². The van der Waals surface area contributed by atoms with E-state index in [1.54, 1.807) is 0 Å². The molecule has 1 unspecified atom stereocenters. The van der Waals surface area contributed by atoms with Gasteiger partial charge in [-0.1, -0.05) is 67.8 Å². The molecule has 39 heavy (non-hydrogen) atoms. The summed E-state index contributed by atoms with van der Waals surface area (Å²) in [4.78, 5) is 29.1. The Bertz CT molecular complexity index is 1060. The van der Waals surface area contributed by atoms with Crippen molar-refractivity contribution >= 4 is 11.9 Å². The molecule has 0 aliphatic carbocycles. The van der Waals surface area contributed by atoms with Gasteiger partial charge < -0.3 is 10.1 Å². The standard InChI is InChI=1S/C32H46N4O3/c33-30(16-4-3-11-21-36-23-18-27-13-6-8-15-29(27)25-36)39-32(38)31(37)34-19-9-1-2-10-20-35-22-17-26-12-5-7-14-28(26)24-35/h5-8,12-15,30H,1-4,9-11,16-25,33H2,(H,34,37). The molecule has 0 aromatic heterocycles. The van der Waals surface area contributed by atoms with Crippen LogP contribution in [0.3, 0.4) is 0 Å². The zero-order valence-corrected chi connectivity index (χ0v) is 23.4. The number of rotatable bonds is 14. The van der Waals surface area contributed by atoms with Crippen molar-refractivity contribution in [2.24, 2.45) is 5.73 Å². The summed E-state index contributed by atoms with van der Waals surface area (Å²) in [6.07, 6.45) is 9.26. The second-order valence-corrected chi connectivity index (χ2v) is 11.1. The number of carbonyl (C=O) groups excluding carboxylic acids is 2. The predicted octanol–water partition coefficient (Wildman–Crippen LogP) is 4.17. The normalized spacial score (nSPS) is 16.2. The van der Waals surface area contributed by atoms with Crippen LogP contribution < -0.4 is 11.1 Å². The van der Waals surface area contributed by atoms with Crippen molar-refractivity contribution in [2.75, 3.05) is 32.7 Å². The second-order valence-electron chi connectivity index (χ2n) is 11.1. The van der Waals surface area contributed by atoms with Crippen molar-refractivity contribution < 1.29 is 14.3 Å². The summed E-state index contributed by atoms with van der Waals surface area (Å²) in [7, 11) is 0. The van der Waals surface area contributed by atoms with Crippen LogP contribution in [-0.2, 0) is 40.3 Å². The Morgan fingerprint density at radius 3 is 1.85 bits per heavy atom. The van der Waals surface area contributed by atoms with Crippen LogP contribution in [0.1, 0.15) is 73.6 Å². The molecule has 0 fully saturated rings. The first-order valence-electron chi connectivity index (χ1n) is 14.9. The van der Waals surface area contributed by atoms with E-state index in [9.17, 15) is 9.59 Å². The zero-order valence-electron chi connectivity index (χ0n) is 23.4. The molecule has 2 aliphatic heterocycles. The molecule has 7 nitrogen and oxygen atoms in total. The highest BCUT2D eigenvalue weighted by Gasteiger charge is 2.19. The van der Waals surface area contributed by atoms with Gasteiger partial charge in [-0.2, -0.15) is 0 Å². The van der Waals surface area contributed by atoms with Gasteiger partial charge >= 0.3 is 11.9 Å². The molecule has 4 rings (SSSR count). The Hall–Kier alpha value is -2.74. The SMILES string of the molecule is NC(CCCCCN1CCc2ccccc2C1)OC(=O)C(=O)NCCCCCCN1CCc2ccccc2C1. The van der Waals surface area contributed by atoms with Crippen LogP contribution >= 0.6 is 0 Å². The molecule has 1 atom stereocenters. The Morgan fingerprint density at radius 1 is 0.744 bits per heavy atom. The number of esters is 1. The Balaban J connectivity index is 0.964. The number of amides is 1. The van der Waals surface area contributed by atoms with Crippen LogP contribution in [0.4, 0.5) is 0 Å². The molecule has 212 valence electrons. The lowest BCUT2D eigenvalue weighted by atomic mass is 10.00. The molecular formula is C32H46N4O3. The number of unbranched alkanes of at least 4 members (excludes halogenated alkanes) is 5. The van der Waals surface area contributed by atoms with Gasteiger partial charge in [0, 0.05) is 32.7 Å². The maximum Gasteiger partial charge on any atom is 0.398 e. The Labute approximate surface area is 234 Å². The number of fused-ring (bicyclic) bond motifs is 2. The van der Waals surface area contributed by atoms with Crippen LogP contribution in [0, 0.1) is 0 Å². The summed E-state index contributed by atoms with van der Waals surface area (Å²) in [5.41, 5.74) is 11.8. The minimum Gasteiger partial charge on any atom is -0.440 e. The zero-order chi connectivity index (χ0) is 27.3. The van der Waals surface area contributed by atoms with Crippen molar-refractivity contribution in [3.8, 4) is 0 Å². The monoisotopic (exact) mass is 534 g/mol. The number of nitrogens with one attached hydrogen (secondary N) is 1. The van der Waals surface area contributed by atoms with Crippen LogP contribution in [0.5, 0.6) is 0 Å². The molecule has 0 radical (unpaired) electrons. The lowest BCUT2D eigenvalue weighted by molar-refractivity contribution is -0.159. The number of nitrogens with zero attached hydrogens (tertiary/aromatic N) is 2. The number of ether oxygens (including phenoxy) is 1. The minimum absolute atomic E-state index is 0.487. The molecule has 2 aromatic carbocycles. The van der Waals surface area contributed by atoms with E-state index in [0.29, 0.717) is 13.0 Å². The highest BCUT2D eigenvalue weighted by atomic mass is 16.6. The summed E-state index contributed by atoms with van der Waals surface area (Å²) in [6, 6.07) is 17.4. The Morgan fingerprint density at radius 2 is 1.26 bits per heavy atom. The fraction of sp³-hybridized carbons (Fsp3) is 0.562. The maximum atomic E-state index is 12.1. The molecular weight excluding hydrogens is 488 g/mol. The molecule has 0 saturated carbocycles. The first-order chi connectivity index (χ1) is 19.1. The van der Waals surface area contributed by atoms with Gasteiger partial charge in [0.2, 0.25) is 0 Å². The lowest BCUT2D eigenvalue weighted by Gasteiger charge is -2.28. The van der Waals surface area contributed by atoms with Crippen LogP contribution in [0.15, 0.2) is 48.5 Å². The van der Waals surface area contributed by atoms with E-state index >= 15 is 0 Å². The predicted molar refractivity (Wildman–Crippen MR) is 155 cm³/mol. The molecule has 0 spiro atoms. The van der Waals surface area contributed by atoms with Crippen molar-refractivity contribution in [1.82, 2.24) is 15.1 Å². The second kappa shape index (κ2) is 15.8. The molecule has 2 heterocycles. The highest BCUT2D eigenvalue weighted by Crippen LogP contribution is 2.20. The fourth-order valence-electron chi connectivity index (χ4n) is 5.69. The molecule has 7 heteroatoms. The third-order valence-corrected chi connectivity index (χ3v) is 8.01. The fourth-order valence-corrected chi connectivity index (χ4v) is 5.69. The van der Waals surface area contributed by atoms with E-state index in [1.165, 1.54) is 22.3 Å². The van der Waals surface area contributed by atoms with E-state index in [2.05, 4.69) is 63.6 Å². The largest absolute Gasteiger partial charge is 0.440 e. The van der Waals surface area contributed by atoms with Gasteiger partial charge in [0.1, 0.15) is 0 Å². The van der Waals surface area contributed by atoms with Gasteiger partial charge in [-0.3, -0.25) is 20.3 Å². The highest BCUT2D eigenvalue weighted by molar-refractivity contribution is 6.32. The van der Waals surface area contributed by atoms with Gasteiger partial charge in [0.05, 0.1) is 0 Å². The van der Waals surface area contributed by atoms with Gasteiger partial charge in [0.25, 0.3) is 0 Å². The third-order valence-electron chi connectivity index (χ3n) is 8.01. The van der Waals surface area contributed by atoms with Crippen LogP contribution in [0.25, 0.3) is 0 Å². The van der Waals surface area contributed by atoms with Crippen molar-refractivity contribution in [3.63, 3.8) is 0 Å². The summed E-state index contributed by atoms with van der Waals surface area (Å²) < 4.78 is 5.15. The third kappa shape index (κ3) is 9.75. The van der Waals surface area contributed by atoms with Gasteiger partial charge in [-0.15, -0.1) is 0 Å². The average molecular weight is 535 g/mol. The molecule has 1 amide bonds. The quantitative estimate of drug-likeness (QED) is 0.164. The molecule has 0 saturated heterocycles. The van der Waals surface area contributed by atoms with Crippen LogP contribution in [0.2, 0.25) is 0 Å². The van der Waals surface area contributed by atoms with E-state index in [-0.39, 0.29) is 0 Å². The van der Waals surface area contributed by atoms with Crippen LogP contribution in [-0.4, -0.2) is 60.6 Å². The first kappa shape index (κ1) is 29.2. The van der Waals surface area contributed by atoms with Gasteiger partial charge in [0.15, 0.2) is 6.23 Å². The van der Waals surface area contributed by atoms with Gasteiger partial charge in [-0.05, 0) is 80.3 Å². The topological polar surface area (TPSA) is 87.9 Å². The minimum atomic E-state index is -0.875. The number of nitrogens with two attached hydrogens (primary N) is 1. The van der Waals surface area contributed by atoms with Gasteiger partial charge in [-0.25, -0.2) is 4.79 Å². The summed E-state index contributed by atoms with van der Waals surface area (Å²) in [5, 5.41) is 2.67. The average Bonchev–Trinajstić information content (AvgIpc) is 2.96. The first-order valence-corrected chi connectivity index (χ1v) is 14.9. The lowest BCUT2D eigenvalue weighted by Crippen LogP contribution is -2.37. The summed E-state index contributed by atoms with van der Waals surface area (Å²) >= 11 is 0. The number of carbonyl (C=O) groups is 2. The maximum absolute atomic E-state index is 12.1. The van der Waals surface area contributed by atoms with Crippen molar-refractivity contribution in [1.29, 1.82) is 0 Å². The number of hydrogen-bond donors (Lipinski definition) is 2. The van der Waals surface area contributed by atoms with E-state index < -0.39 is 18.1 Å².